The normalized spacial score (nSPS) is 21.9. The van der Waals surface area contributed by atoms with E-state index in [1.54, 1.807) is 30.3 Å². The maximum atomic E-state index is 13.5. The van der Waals surface area contributed by atoms with E-state index < -0.39 is 17.5 Å². The Hall–Kier alpha value is -3.49. The van der Waals surface area contributed by atoms with Crippen molar-refractivity contribution in [2.24, 2.45) is 0 Å². The molecule has 7 nitrogen and oxygen atoms in total. The van der Waals surface area contributed by atoms with Gasteiger partial charge in [0.15, 0.2) is 5.78 Å². The van der Waals surface area contributed by atoms with Crippen molar-refractivity contribution in [2.75, 3.05) is 6.61 Å². The first-order valence-corrected chi connectivity index (χ1v) is 12.5. The van der Waals surface area contributed by atoms with E-state index in [2.05, 4.69) is 10.6 Å². The summed E-state index contributed by atoms with van der Waals surface area (Å²) in [6.45, 7) is -0.00795. The van der Waals surface area contributed by atoms with Crippen molar-refractivity contribution in [3.63, 3.8) is 0 Å². The lowest BCUT2D eigenvalue weighted by molar-refractivity contribution is -0.131. The number of hydrogen-bond acceptors (Lipinski definition) is 6. The van der Waals surface area contributed by atoms with E-state index in [9.17, 15) is 19.5 Å². The first-order valence-electron chi connectivity index (χ1n) is 11.6. The van der Waals surface area contributed by atoms with Gasteiger partial charge in [0, 0.05) is 6.42 Å². The van der Waals surface area contributed by atoms with Crippen LogP contribution in [0.1, 0.15) is 34.5 Å². The Morgan fingerprint density at radius 1 is 1.11 bits per heavy atom. The Labute approximate surface area is 207 Å². The number of carbonyl (C=O) groups excluding carboxylic acids is 3. The third-order valence-corrected chi connectivity index (χ3v) is 7.68. The molecule has 3 atom stereocenters. The maximum Gasteiger partial charge on any atom is 0.262 e. The van der Waals surface area contributed by atoms with Crippen molar-refractivity contribution in [3.8, 4) is 16.9 Å². The van der Waals surface area contributed by atoms with Crippen molar-refractivity contribution in [1.82, 2.24) is 10.6 Å². The predicted molar refractivity (Wildman–Crippen MR) is 132 cm³/mol. The maximum absolute atomic E-state index is 13.5. The second-order valence-corrected chi connectivity index (χ2v) is 9.95. The fraction of sp³-hybridized carbons (Fsp3) is 0.296. The minimum Gasteiger partial charge on any atom is -0.508 e. The van der Waals surface area contributed by atoms with Gasteiger partial charge in [0.2, 0.25) is 5.91 Å². The number of carbonyl (C=O) groups is 3. The summed E-state index contributed by atoms with van der Waals surface area (Å²) in [6, 6.07) is 17.2. The lowest BCUT2D eigenvalue weighted by Crippen LogP contribution is -2.60. The predicted octanol–water partition coefficient (Wildman–Crippen LogP) is 3.47. The largest absolute Gasteiger partial charge is 0.508 e. The first-order chi connectivity index (χ1) is 16.9. The molecule has 35 heavy (non-hydrogen) atoms. The number of thiophene rings is 1. The van der Waals surface area contributed by atoms with Crippen LogP contribution in [-0.2, 0) is 20.7 Å². The molecule has 1 aliphatic heterocycles. The van der Waals surface area contributed by atoms with Gasteiger partial charge in [-0.25, -0.2) is 0 Å². The highest BCUT2D eigenvalue weighted by Gasteiger charge is 2.55. The average molecular weight is 491 g/mol. The number of hydrogen-bond donors (Lipinski definition) is 3. The molecule has 0 bridgehead atoms. The van der Waals surface area contributed by atoms with Crippen molar-refractivity contribution < 1.29 is 24.2 Å². The van der Waals surface area contributed by atoms with Crippen LogP contribution in [-0.4, -0.2) is 47.0 Å². The summed E-state index contributed by atoms with van der Waals surface area (Å²) in [6.07, 6.45) is 1.87. The molecule has 2 aromatic carbocycles. The Morgan fingerprint density at radius 2 is 1.94 bits per heavy atom. The molecule has 2 heterocycles. The molecule has 1 saturated carbocycles. The van der Waals surface area contributed by atoms with Gasteiger partial charge < -0.3 is 20.5 Å². The Bertz CT molecular complexity index is 1260. The van der Waals surface area contributed by atoms with E-state index in [0.29, 0.717) is 23.3 Å². The third-order valence-electron chi connectivity index (χ3n) is 6.75. The topological polar surface area (TPSA) is 105 Å². The van der Waals surface area contributed by atoms with E-state index >= 15 is 0 Å². The van der Waals surface area contributed by atoms with Gasteiger partial charge in [-0.15, -0.1) is 11.3 Å². The number of Topliss-reactive ketones (excluding diaryl/α,β-unsaturated/α-hetero) is 1. The SMILES string of the molecule is O=C(NC(Cc1cccc(O)c1)C(=O)NC12CCCC1OCC2=O)c1cc(-c2ccccc2)cs1. The van der Waals surface area contributed by atoms with Crippen LogP contribution in [0.5, 0.6) is 5.75 Å². The molecule has 1 saturated heterocycles. The van der Waals surface area contributed by atoms with Gasteiger partial charge >= 0.3 is 0 Å². The Kier molecular flexibility index (Phi) is 6.40. The number of rotatable bonds is 7. The van der Waals surface area contributed by atoms with Crippen molar-refractivity contribution in [3.05, 3.63) is 76.5 Å². The average Bonchev–Trinajstić information content (AvgIpc) is 3.57. The summed E-state index contributed by atoms with van der Waals surface area (Å²) in [7, 11) is 0. The van der Waals surface area contributed by atoms with E-state index in [-0.39, 0.29) is 36.6 Å². The van der Waals surface area contributed by atoms with Crippen LogP contribution in [0.2, 0.25) is 0 Å². The molecule has 180 valence electrons. The minimum absolute atomic E-state index is 0.00795. The summed E-state index contributed by atoms with van der Waals surface area (Å²) in [5.74, 6) is -0.853. The van der Waals surface area contributed by atoms with Gasteiger partial charge in [-0.2, -0.15) is 0 Å². The number of phenolic OH excluding ortho intramolecular Hbond substituents is 1. The smallest absolute Gasteiger partial charge is 0.262 e. The van der Waals surface area contributed by atoms with Gasteiger partial charge in [0.1, 0.15) is 23.9 Å². The highest BCUT2D eigenvalue weighted by Crippen LogP contribution is 2.38. The van der Waals surface area contributed by atoms with Gasteiger partial charge in [-0.1, -0.05) is 42.5 Å². The quantitative estimate of drug-likeness (QED) is 0.471. The molecule has 3 aromatic rings. The van der Waals surface area contributed by atoms with Crippen LogP contribution in [0.15, 0.2) is 66.0 Å². The fourth-order valence-corrected chi connectivity index (χ4v) is 5.76. The molecule has 2 amide bonds. The summed E-state index contributed by atoms with van der Waals surface area (Å²) >= 11 is 1.30. The Morgan fingerprint density at radius 3 is 2.74 bits per heavy atom. The van der Waals surface area contributed by atoms with Crippen LogP contribution in [0.3, 0.4) is 0 Å². The molecular weight excluding hydrogens is 464 g/mol. The molecule has 3 N–H and O–H groups in total. The highest BCUT2D eigenvalue weighted by atomic mass is 32.1. The molecule has 2 aliphatic rings. The molecule has 1 aliphatic carbocycles. The fourth-order valence-electron chi connectivity index (χ4n) is 4.94. The number of ether oxygens (including phenoxy) is 1. The van der Waals surface area contributed by atoms with E-state index in [4.69, 9.17) is 4.74 Å². The Balaban J connectivity index is 1.37. The zero-order valence-corrected chi connectivity index (χ0v) is 19.8. The lowest BCUT2D eigenvalue weighted by Gasteiger charge is -2.30. The summed E-state index contributed by atoms with van der Waals surface area (Å²) in [5.41, 5.74) is 1.60. The van der Waals surface area contributed by atoms with Crippen LogP contribution >= 0.6 is 11.3 Å². The molecule has 0 spiro atoms. The van der Waals surface area contributed by atoms with Crippen LogP contribution in [0.25, 0.3) is 11.1 Å². The third kappa shape index (κ3) is 4.72. The van der Waals surface area contributed by atoms with Crippen molar-refractivity contribution in [1.29, 1.82) is 0 Å². The zero-order valence-electron chi connectivity index (χ0n) is 19.0. The number of benzene rings is 2. The molecular formula is C27H26N2O5S. The standard InChI is InChI=1S/C27H26N2O5S/c30-20-9-4-6-17(12-20)13-21(25(32)29-27-11-5-10-24(27)34-15-23(27)31)28-26(33)22-14-19(16-35-22)18-7-2-1-3-8-18/h1-4,6-9,12,14,16,21,24,30H,5,10-11,13,15H2,(H,28,33)(H,29,32). The summed E-state index contributed by atoms with van der Waals surface area (Å²) < 4.78 is 5.62. The van der Waals surface area contributed by atoms with Gasteiger partial charge in [-0.3, -0.25) is 14.4 Å². The van der Waals surface area contributed by atoms with E-state index in [0.717, 1.165) is 17.5 Å². The highest BCUT2D eigenvalue weighted by molar-refractivity contribution is 7.12. The molecule has 8 heteroatoms. The van der Waals surface area contributed by atoms with Gasteiger partial charge in [-0.05, 0) is 59.5 Å². The second-order valence-electron chi connectivity index (χ2n) is 9.04. The van der Waals surface area contributed by atoms with Crippen molar-refractivity contribution >= 4 is 28.9 Å². The summed E-state index contributed by atoms with van der Waals surface area (Å²) in [4.78, 5) is 39.8. The molecule has 1 aromatic heterocycles. The first kappa shape index (κ1) is 23.3. The van der Waals surface area contributed by atoms with Gasteiger partial charge in [0.25, 0.3) is 5.91 Å². The monoisotopic (exact) mass is 490 g/mol. The molecule has 5 rings (SSSR count). The number of phenols is 1. The van der Waals surface area contributed by atoms with E-state index in [1.807, 2.05) is 35.7 Å². The number of aromatic hydroxyl groups is 1. The number of ketones is 1. The molecule has 0 radical (unpaired) electrons. The van der Waals surface area contributed by atoms with E-state index in [1.165, 1.54) is 11.3 Å². The summed E-state index contributed by atoms with van der Waals surface area (Å²) in [5, 5.41) is 17.6. The lowest BCUT2D eigenvalue weighted by atomic mass is 9.91. The van der Waals surface area contributed by atoms with Crippen LogP contribution in [0, 0.1) is 0 Å². The molecule has 3 unspecified atom stereocenters. The number of nitrogens with one attached hydrogen (secondary N) is 2. The van der Waals surface area contributed by atoms with Crippen LogP contribution in [0.4, 0.5) is 0 Å². The zero-order chi connectivity index (χ0) is 24.4. The second kappa shape index (κ2) is 9.64. The minimum atomic E-state index is -1.03. The number of amides is 2. The van der Waals surface area contributed by atoms with Crippen LogP contribution < -0.4 is 10.6 Å². The molecule has 2 fully saturated rings. The van der Waals surface area contributed by atoms with Gasteiger partial charge in [0.05, 0.1) is 11.0 Å². The number of fused-ring (bicyclic) bond motifs is 1. The van der Waals surface area contributed by atoms with Crippen molar-refractivity contribution in [2.45, 2.75) is 43.4 Å².